The van der Waals surface area contributed by atoms with Crippen molar-refractivity contribution in [2.24, 2.45) is 5.73 Å². The van der Waals surface area contributed by atoms with E-state index in [1.165, 1.54) is 17.2 Å². The second-order valence-corrected chi connectivity index (χ2v) is 8.48. The summed E-state index contributed by atoms with van der Waals surface area (Å²) in [6.45, 7) is -0.232. The van der Waals surface area contributed by atoms with Gasteiger partial charge in [0.05, 0.1) is 6.33 Å². The average Bonchev–Trinajstić information content (AvgIpc) is 3.25. The van der Waals surface area contributed by atoms with Crippen LogP contribution in [0, 0.1) is 0 Å². The van der Waals surface area contributed by atoms with Crippen molar-refractivity contribution in [3.63, 3.8) is 0 Å². The number of ether oxygens (including phenoxy) is 2. The Labute approximate surface area is 186 Å². The number of esters is 1. The van der Waals surface area contributed by atoms with E-state index in [2.05, 4.69) is 15.0 Å². The van der Waals surface area contributed by atoms with Crippen molar-refractivity contribution < 1.29 is 42.0 Å². The number of nitrogens with zero attached hydrogens (tertiary/aromatic N) is 4. The van der Waals surface area contributed by atoms with Gasteiger partial charge in [0.1, 0.15) is 42.8 Å². The van der Waals surface area contributed by atoms with Crippen LogP contribution in [0.1, 0.15) is 12.6 Å². The Morgan fingerprint density at radius 2 is 1.97 bits per heavy atom. The molecule has 17 heteroatoms. The fourth-order valence-corrected chi connectivity index (χ4v) is 3.28. The molecular weight excluding hydrogens is 472 g/mol. The summed E-state index contributed by atoms with van der Waals surface area (Å²) in [5.74, 6) is 0.348. The van der Waals surface area contributed by atoms with Crippen molar-refractivity contribution in [2.45, 2.75) is 37.0 Å². The lowest BCUT2D eigenvalue weighted by atomic mass is 10.1. The molecule has 15 nitrogen and oxygen atoms in total. The molecule has 1 fully saturated rings. The summed E-state index contributed by atoms with van der Waals surface area (Å²) in [5, 5.41) is 20.6. The Balaban J connectivity index is 0.000000654. The second kappa shape index (κ2) is 11.1. The van der Waals surface area contributed by atoms with Crippen LogP contribution in [0.3, 0.4) is 0 Å². The highest BCUT2D eigenvalue weighted by Gasteiger charge is 2.45. The summed E-state index contributed by atoms with van der Waals surface area (Å²) in [6.07, 6.45) is 0.648. The number of fused-ring (bicyclic) bond motifs is 1. The van der Waals surface area contributed by atoms with E-state index in [1.54, 1.807) is 11.8 Å². The predicted octanol–water partition coefficient (Wildman–Crippen LogP) is -2.00. The van der Waals surface area contributed by atoms with Crippen LogP contribution in [0.2, 0.25) is 0 Å². The van der Waals surface area contributed by atoms with Gasteiger partial charge in [-0.25, -0.2) is 15.0 Å². The number of carbonyl (C=O) groups excluding carboxylic acids is 1. The molecule has 0 aliphatic carbocycles. The molecule has 1 unspecified atom stereocenters. The molecule has 0 amide bonds. The third kappa shape index (κ3) is 6.94. The largest absolute Gasteiger partial charge is 0.462 e. The number of aliphatic hydroxyl groups excluding tert-OH is 2. The summed E-state index contributed by atoms with van der Waals surface area (Å²) < 4.78 is 43.9. The van der Waals surface area contributed by atoms with Crippen molar-refractivity contribution in [3.8, 4) is 0 Å². The Hall–Kier alpha value is -2.12. The van der Waals surface area contributed by atoms with Gasteiger partial charge in [-0.2, -0.15) is 20.2 Å². The molecular formula is C15H24N6O9S2. The monoisotopic (exact) mass is 496 g/mol. The van der Waals surface area contributed by atoms with E-state index in [1.807, 2.05) is 6.26 Å². The summed E-state index contributed by atoms with van der Waals surface area (Å²) >= 11 is 1.58. The Bertz CT molecular complexity index is 1010. The van der Waals surface area contributed by atoms with Crippen molar-refractivity contribution >= 4 is 45.1 Å². The number of anilines is 1. The molecule has 0 bridgehead atoms. The highest BCUT2D eigenvalue weighted by Crippen LogP contribution is 2.32. The van der Waals surface area contributed by atoms with Crippen molar-refractivity contribution in [1.82, 2.24) is 19.5 Å². The number of nitrogens with two attached hydrogens (primary N) is 2. The van der Waals surface area contributed by atoms with Crippen LogP contribution < -0.4 is 11.5 Å². The molecule has 0 radical (unpaired) electrons. The van der Waals surface area contributed by atoms with Crippen molar-refractivity contribution in [3.05, 3.63) is 12.7 Å². The number of rotatable bonds is 7. The van der Waals surface area contributed by atoms with Crippen LogP contribution in [0.15, 0.2) is 12.7 Å². The lowest BCUT2D eigenvalue weighted by Crippen LogP contribution is -2.38. The van der Waals surface area contributed by atoms with Gasteiger partial charge in [0.25, 0.3) is 0 Å². The van der Waals surface area contributed by atoms with Gasteiger partial charge in [0.2, 0.25) is 0 Å². The summed E-state index contributed by atoms with van der Waals surface area (Å²) in [5.41, 5.74) is 12.2. The third-order valence-corrected chi connectivity index (χ3v) is 4.97. The van der Waals surface area contributed by atoms with Crippen LogP contribution in [-0.2, 0) is 24.7 Å². The fraction of sp³-hybridized carbons (Fsp3) is 0.600. The minimum absolute atomic E-state index is 0.191. The molecule has 2 aromatic rings. The molecule has 3 heterocycles. The lowest BCUT2D eigenvalue weighted by Gasteiger charge is -2.17. The van der Waals surface area contributed by atoms with Gasteiger partial charge in [0.15, 0.2) is 17.7 Å². The number of aliphatic hydroxyl groups is 2. The normalized spacial score (nSPS) is 24.1. The molecule has 180 valence electrons. The van der Waals surface area contributed by atoms with Gasteiger partial charge in [-0.15, -0.1) is 0 Å². The van der Waals surface area contributed by atoms with Crippen LogP contribution in [0.5, 0.6) is 0 Å². The number of hydrogen-bond acceptors (Lipinski definition) is 13. The molecule has 5 atom stereocenters. The molecule has 0 spiro atoms. The molecule has 0 saturated carbocycles. The van der Waals surface area contributed by atoms with E-state index >= 15 is 0 Å². The van der Waals surface area contributed by atoms with E-state index in [0.717, 1.165) is 5.75 Å². The third-order valence-electron chi connectivity index (χ3n) is 4.32. The highest BCUT2D eigenvalue weighted by molar-refractivity contribution is 7.98. The van der Waals surface area contributed by atoms with Gasteiger partial charge in [-0.3, -0.25) is 18.5 Å². The first-order chi connectivity index (χ1) is 14.9. The van der Waals surface area contributed by atoms with Crippen molar-refractivity contribution in [2.75, 3.05) is 24.3 Å². The van der Waals surface area contributed by atoms with Gasteiger partial charge >= 0.3 is 16.4 Å². The molecule has 1 aliphatic rings. The van der Waals surface area contributed by atoms with E-state index in [9.17, 15) is 15.0 Å². The number of aromatic nitrogens is 4. The van der Waals surface area contributed by atoms with Gasteiger partial charge in [-0.05, 0) is 18.4 Å². The maximum absolute atomic E-state index is 11.9. The quantitative estimate of drug-likeness (QED) is 0.179. The minimum Gasteiger partial charge on any atom is -0.462 e. The lowest BCUT2D eigenvalue weighted by molar-refractivity contribution is -0.151. The number of carbonyl (C=O) groups is 1. The van der Waals surface area contributed by atoms with E-state index < -0.39 is 46.9 Å². The van der Waals surface area contributed by atoms with Crippen molar-refractivity contribution in [1.29, 1.82) is 0 Å². The summed E-state index contributed by atoms with van der Waals surface area (Å²) in [4.78, 5) is 24.0. The molecule has 3 rings (SSSR count). The smallest absolute Gasteiger partial charge is 0.394 e. The first kappa shape index (κ1) is 26.1. The maximum Gasteiger partial charge on any atom is 0.394 e. The summed E-state index contributed by atoms with van der Waals surface area (Å²) in [7, 11) is -4.67. The molecule has 2 aromatic heterocycles. The zero-order valence-corrected chi connectivity index (χ0v) is 18.4. The number of hydrogen-bond donors (Lipinski definition) is 6. The zero-order chi connectivity index (χ0) is 24.1. The fourth-order valence-electron chi connectivity index (χ4n) is 2.79. The van der Waals surface area contributed by atoms with E-state index in [4.69, 9.17) is 38.5 Å². The number of nitrogen functional groups attached to an aromatic ring is 1. The second-order valence-electron chi connectivity index (χ2n) is 6.60. The molecule has 1 saturated heterocycles. The first-order valence-corrected chi connectivity index (χ1v) is 11.8. The SMILES string of the molecule is CSCCC(N)C(=O)OC[C@H]1O[C@@H](n2cnc3c(N)ncnc32)[C@H](O)[C@@H]1O.O=S(=O)(O)O. The van der Waals surface area contributed by atoms with Crippen LogP contribution in [-0.4, -0.2) is 96.2 Å². The first-order valence-electron chi connectivity index (χ1n) is 8.99. The van der Waals surface area contributed by atoms with Gasteiger partial charge in [-0.1, -0.05) is 0 Å². The Kier molecular flexibility index (Phi) is 9.10. The Morgan fingerprint density at radius 3 is 2.59 bits per heavy atom. The maximum atomic E-state index is 11.9. The molecule has 0 aromatic carbocycles. The Morgan fingerprint density at radius 1 is 1.31 bits per heavy atom. The van der Waals surface area contributed by atoms with E-state index in [0.29, 0.717) is 17.6 Å². The van der Waals surface area contributed by atoms with Crippen LogP contribution in [0.4, 0.5) is 5.82 Å². The molecule has 32 heavy (non-hydrogen) atoms. The number of imidazole rings is 1. The van der Waals surface area contributed by atoms with Gasteiger partial charge < -0.3 is 31.2 Å². The summed E-state index contributed by atoms with van der Waals surface area (Å²) in [6, 6.07) is -0.742. The predicted molar refractivity (Wildman–Crippen MR) is 112 cm³/mol. The standard InChI is InChI=1S/C15H22N6O5S.H2O4S/c1-27-3-2-7(16)15(24)25-4-8-10(22)11(23)14(26-8)21-6-20-9-12(17)18-5-19-13(9)21;1-5(2,3)4/h5-8,10-11,14,22-23H,2-4,16H2,1H3,(H2,17,18,19);(H2,1,2,3,4)/t7?,8-,10-,11-,14-;/m1./s1. The zero-order valence-electron chi connectivity index (χ0n) is 16.8. The molecule has 8 N–H and O–H groups in total. The van der Waals surface area contributed by atoms with E-state index in [-0.39, 0.29) is 12.4 Å². The highest BCUT2D eigenvalue weighted by atomic mass is 32.3. The van der Waals surface area contributed by atoms with Crippen LogP contribution >= 0.6 is 11.8 Å². The average molecular weight is 497 g/mol. The van der Waals surface area contributed by atoms with Crippen LogP contribution in [0.25, 0.3) is 11.2 Å². The number of thioether (sulfide) groups is 1. The molecule has 1 aliphatic heterocycles. The van der Waals surface area contributed by atoms with Gasteiger partial charge in [0, 0.05) is 0 Å². The minimum atomic E-state index is -4.67. The topological polar surface area (TPSA) is 246 Å².